The van der Waals surface area contributed by atoms with E-state index in [0.29, 0.717) is 17.5 Å². The molecule has 124 valence electrons. The summed E-state index contributed by atoms with van der Waals surface area (Å²) in [6, 6.07) is 7.67. The molecule has 8 heteroatoms. The second kappa shape index (κ2) is 8.93. The molecule has 0 aliphatic carbocycles. The van der Waals surface area contributed by atoms with Crippen LogP contribution in [0.5, 0.6) is 0 Å². The standard InChI is InChI=1S/C15H20BrN5OS/c1-2-3-4-8-18-13(22)10-23-15-20-19-14(21(15)17)11-6-5-7-12(16)9-11/h5-7,9H,2-4,8,10,17H2,1H3,(H,18,22). The lowest BCUT2D eigenvalue weighted by molar-refractivity contribution is -0.118. The molecule has 0 saturated carbocycles. The van der Waals surface area contributed by atoms with Gasteiger partial charge in [-0.2, -0.15) is 0 Å². The Morgan fingerprint density at radius 3 is 2.96 bits per heavy atom. The summed E-state index contributed by atoms with van der Waals surface area (Å²) in [5.41, 5.74) is 0.866. The topological polar surface area (TPSA) is 85.8 Å². The van der Waals surface area contributed by atoms with Crippen molar-refractivity contribution in [3.05, 3.63) is 28.7 Å². The van der Waals surface area contributed by atoms with Crippen LogP contribution in [0.2, 0.25) is 0 Å². The molecule has 2 rings (SSSR count). The number of nitrogens with zero attached hydrogens (tertiary/aromatic N) is 3. The Morgan fingerprint density at radius 2 is 2.22 bits per heavy atom. The summed E-state index contributed by atoms with van der Waals surface area (Å²) in [5, 5.41) is 11.6. The maximum Gasteiger partial charge on any atom is 0.230 e. The molecule has 1 heterocycles. The zero-order valence-corrected chi connectivity index (χ0v) is 15.4. The molecule has 23 heavy (non-hydrogen) atoms. The van der Waals surface area contributed by atoms with Gasteiger partial charge in [0.15, 0.2) is 5.82 Å². The molecule has 0 unspecified atom stereocenters. The third kappa shape index (κ3) is 5.24. The van der Waals surface area contributed by atoms with Crippen LogP contribution in [-0.2, 0) is 4.79 Å². The van der Waals surface area contributed by atoms with E-state index in [1.807, 2.05) is 24.3 Å². The Labute approximate surface area is 148 Å². The first-order valence-electron chi connectivity index (χ1n) is 7.47. The number of unbranched alkanes of at least 4 members (excludes halogenated alkanes) is 2. The highest BCUT2D eigenvalue weighted by Gasteiger charge is 2.13. The Bertz CT molecular complexity index is 661. The van der Waals surface area contributed by atoms with Gasteiger partial charge in [-0.15, -0.1) is 10.2 Å². The highest BCUT2D eigenvalue weighted by Crippen LogP contribution is 2.23. The molecule has 0 atom stereocenters. The first-order valence-corrected chi connectivity index (χ1v) is 9.25. The minimum Gasteiger partial charge on any atom is -0.355 e. The molecule has 1 aromatic heterocycles. The van der Waals surface area contributed by atoms with Gasteiger partial charge in [-0.25, -0.2) is 4.68 Å². The SMILES string of the molecule is CCCCCNC(=O)CSc1nnc(-c2cccc(Br)c2)n1N. The summed E-state index contributed by atoms with van der Waals surface area (Å²) in [6.07, 6.45) is 3.27. The van der Waals surface area contributed by atoms with E-state index >= 15 is 0 Å². The van der Waals surface area contributed by atoms with Gasteiger partial charge < -0.3 is 11.2 Å². The molecule has 0 fully saturated rings. The predicted octanol–water partition coefficient (Wildman–Crippen LogP) is 2.82. The molecular weight excluding hydrogens is 378 g/mol. The minimum atomic E-state index is -0.0156. The molecular formula is C15H20BrN5OS. The van der Waals surface area contributed by atoms with Gasteiger partial charge in [0.25, 0.3) is 0 Å². The van der Waals surface area contributed by atoms with E-state index in [-0.39, 0.29) is 11.7 Å². The lowest BCUT2D eigenvalue weighted by Crippen LogP contribution is -2.26. The zero-order chi connectivity index (χ0) is 16.7. The Hall–Kier alpha value is -1.54. The molecule has 0 aliphatic heterocycles. The van der Waals surface area contributed by atoms with Crippen LogP contribution in [0.25, 0.3) is 11.4 Å². The number of hydrogen-bond donors (Lipinski definition) is 2. The lowest BCUT2D eigenvalue weighted by atomic mass is 10.2. The number of nitrogens with one attached hydrogen (secondary N) is 1. The van der Waals surface area contributed by atoms with Crippen molar-refractivity contribution in [1.29, 1.82) is 0 Å². The summed E-state index contributed by atoms with van der Waals surface area (Å²) < 4.78 is 2.36. The molecule has 0 spiro atoms. The predicted molar refractivity (Wildman–Crippen MR) is 96.6 cm³/mol. The van der Waals surface area contributed by atoms with Crippen molar-refractivity contribution in [3.8, 4) is 11.4 Å². The van der Waals surface area contributed by atoms with Gasteiger partial charge in [-0.1, -0.05) is 59.6 Å². The van der Waals surface area contributed by atoms with E-state index in [0.717, 1.165) is 29.3 Å². The number of aromatic nitrogens is 3. The van der Waals surface area contributed by atoms with Gasteiger partial charge in [0, 0.05) is 16.6 Å². The monoisotopic (exact) mass is 397 g/mol. The van der Waals surface area contributed by atoms with Crippen LogP contribution in [0, 0.1) is 0 Å². The number of amides is 1. The first-order chi connectivity index (χ1) is 11.1. The number of thioether (sulfide) groups is 1. The zero-order valence-electron chi connectivity index (χ0n) is 13.0. The van der Waals surface area contributed by atoms with Crippen LogP contribution in [0.1, 0.15) is 26.2 Å². The van der Waals surface area contributed by atoms with Crippen LogP contribution >= 0.6 is 27.7 Å². The summed E-state index contributed by atoms with van der Waals surface area (Å²) >= 11 is 4.70. The largest absolute Gasteiger partial charge is 0.355 e. The Kier molecular flexibility index (Phi) is 6.91. The summed E-state index contributed by atoms with van der Waals surface area (Å²) in [7, 11) is 0. The van der Waals surface area contributed by atoms with Crippen molar-refractivity contribution >= 4 is 33.6 Å². The van der Waals surface area contributed by atoms with Crippen molar-refractivity contribution in [2.24, 2.45) is 0 Å². The van der Waals surface area contributed by atoms with Gasteiger partial charge in [0.05, 0.1) is 5.75 Å². The summed E-state index contributed by atoms with van der Waals surface area (Å²) in [4.78, 5) is 11.8. The van der Waals surface area contributed by atoms with E-state index in [1.165, 1.54) is 16.4 Å². The van der Waals surface area contributed by atoms with E-state index in [2.05, 4.69) is 38.4 Å². The summed E-state index contributed by atoms with van der Waals surface area (Å²) in [6.45, 7) is 2.85. The number of benzene rings is 1. The van der Waals surface area contributed by atoms with Crippen molar-refractivity contribution in [2.75, 3.05) is 18.1 Å². The van der Waals surface area contributed by atoms with Crippen LogP contribution < -0.4 is 11.2 Å². The van der Waals surface area contributed by atoms with Crippen LogP contribution in [-0.4, -0.2) is 33.1 Å². The average molecular weight is 398 g/mol. The molecule has 0 saturated heterocycles. The number of rotatable bonds is 8. The van der Waals surface area contributed by atoms with Crippen LogP contribution in [0.3, 0.4) is 0 Å². The molecule has 1 aromatic carbocycles. The number of hydrogen-bond acceptors (Lipinski definition) is 5. The smallest absolute Gasteiger partial charge is 0.230 e. The quantitative estimate of drug-likeness (QED) is 0.406. The second-order valence-corrected chi connectivity index (χ2v) is 6.89. The van der Waals surface area contributed by atoms with Crippen molar-refractivity contribution in [3.63, 3.8) is 0 Å². The van der Waals surface area contributed by atoms with E-state index < -0.39 is 0 Å². The highest BCUT2D eigenvalue weighted by molar-refractivity contribution is 9.10. The molecule has 3 N–H and O–H groups in total. The van der Waals surface area contributed by atoms with E-state index in [1.54, 1.807) is 0 Å². The second-order valence-electron chi connectivity index (χ2n) is 5.03. The van der Waals surface area contributed by atoms with Crippen molar-refractivity contribution in [1.82, 2.24) is 20.2 Å². The van der Waals surface area contributed by atoms with Gasteiger partial charge >= 0.3 is 0 Å². The van der Waals surface area contributed by atoms with Gasteiger partial charge in [0.1, 0.15) is 0 Å². The average Bonchev–Trinajstić information content (AvgIpc) is 2.90. The molecule has 2 aromatic rings. The normalized spacial score (nSPS) is 10.7. The lowest BCUT2D eigenvalue weighted by Gasteiger charge is -2.05. The molecule has 1 amide bonds. The maximum absolute atomic E-state index is 11.8. The fraction of sp³-hybridized carbons (Fsp3) is 0.400. The third-order valence-corrected chi connectivity index (χ3v) is 4.62. The third-order valence-electron chi connectivity index (χ3n) is 3.18. The minimum absolute atomic E-state index is 0.0156. The molecule has 0 bridgehead atoms. The number of carbonyl (C=O) groups is 1. The number of nitrogens with two attached hydrogens (primary N) is 1. The molecule has 0 aliphatic rings. The number of carbonyl (C=O) groups excluding carboxylic acids is 1. The molecule has 6 nitrogen and oxygen atoms in total. The van der Waals surface area contributed by atoms with Gasteiger partial charge in [-0.3, -0.25) is 4.79 Å². The fourth-order valence-corrected chi connectivity index (χ4v) is 3.07. The van der Waals surface area contributed by atoms with E-state index in [4.69, 9.17) is 5.84 Å². The maximum atomic E-state index is 11.8. The van der Waals surface area contributed by atoms with Crippen molar-refractivity contribution < 1.29 is 4.79 Å². The number of nitrogen functional groups attached to an aromatic ring is 1. The van der Waals surface area contributed by atoms with Crippen molar-refractivity contribution in [2.45, 2.75) is 31.3 Å². The van der Waals surface area contributed by atoms with Crippen LogP contribution in [0.15, 0.2) is 33.9 Å². The Morgan fingerprint density at radius 1 is 1.39 bits per heavy atom. The van der Waals surface area contributed by atoms with Crippen LogP contribution in [0.4, 0.5) is 0 Å². The fourth-order valence-electron chi connectivity index (χ4n) is 1.98. The highest BCUT2D eigenvalue weighted by atomic mass is 79.9. The first kappa shape index (κ1) is 17.8. The van der Waals surface area contributed by atoms with Gasteiger partial charge in [0.2, 0.25) is 11.1 Å². The number of halogens is 1. The van der Waals surface area contributed by atoms with E-state index in [9.17, 15) is 4.79 Å². The summed E-state index contributed by atoms with van der Waals surface area (Å²) in [5.74, 6) is 6.86. The Balaban J connectivity index is 1.91. The molecule has 0 radical (unpaired) electrons. The van der Waals surface area contributed by atoms with Gasteiger partial charge in [-0.05, 0) is 18.6 Å².